The maximum atomic E-state index is 13.4. The molecule has 2 aromatic carbocycles. The van der Waals surface area contributed by atoms with E-state index in [1.54, 1.807) is 56.3 Å². The third-order valence-corrected chi connectivity index (χ3v) is 7.74. The van der Waals surface area contributed by atoms with Gasteiger partial charge in [0.1, 0.15) is 17.7 Å². The molecule has 1 heterocycles. The molecule has 39 heavy (non-hydrogen) atoms. The molecule has 3 rings (SSSR count). The van der Waals surface area contributed by atoms with Crippen molar-refractivity contribution in [3.05, 3.63) is 64.7 Å². The number of benzene rings is 2. The quantitative estimate of drug-likeness (QED) is 0.174. The molecule has 2 aromatic rings. The minimum Gasteiger partial charge on any atom is -0.489 e. The predicted octanol–water partition coefficient (Wildman–Crippen LogP) is 1.92. The lowest BCUT2D eigenvalue weighted by Gasteiger charge is -2.28. The Labute approximate surface area is 228 Å². The number of anilines is 1. The zero-order valence-corrected chi connectivity index (χ0v) is 22.9. The lowest BCUT2D eigenvalue weighted by Crippen LogP contribution is -2.37. The van der Waals surface area contributed by atoms with Crippen molar-refractivity contribution in [3.8, 4) is 5.75 Å². The smallest absolute Gasteiger partial charge is 0.323 e. The average molecular weight is 558 g/mol. The van der Waals surface area contributed by atoms with Crippen molar-refractivity contribution in [3.63, 3.8) is 0 Å². The molecular formula is C27H35N5O6S. The molecule has 0 atom stereocenters. The fourth-order valence-electron chi connectivity index (χ4n) is 4.22. The number of primary amides is 1. The molecule has 1 amide bonds. The van der Waals surface area contributed by atoms with Gasteiger partial charge in [0.25, 0.3) is 5.91 Å². The first kappa shape index (κ1) is 29.7. The van der Waals surface area contributed by atoms with Gasteiger partial charge in [0.2, 0.25) is 10.0 Å². The minimum absolute atomic E-state index is 0.0361. The van der Waals surface area contributed by atoms with E-state index in [4.69, 9.17) is 26.4 Å². The highest BCUT2D eigenvalue weighted by atomic mass is 32.2. The number of rotatable bonds is 12. The maximum Gasteiger partial charge on any atom is 0.323 e. The van der Waals surface area contributed by atoms with Gasteiger partial charge < -0.3 is 26.3 Å². The lowest BCUT2D eigenvalue weighted by molar-refractivity contribution is -0.139. The molecule has 1 aliphatic heterocycles. The van der Waals surface area contributed by atoms with Gasteiger partial charge in [-0.3, -0.25) is 19.3 Å². The van der Waals surface area contributed by atoms with Gasteiger partial charge in [0, 0.05) is 5.56 Å². The third kappa shape index (κ3) is 8.04. The molecule has 11 nitrogen and oxygen atoms in total. The van der Waals surface area contributed by atoms with Crippen LogP contribution in [0.5, 0.6) is 5.75 Å². The summed E-state index contributed by atoms with van der Waals surface area (Å²) >= 11 is 0. The van der Waals surface area contributed by atoms with Crippen LogP contribution >= 0.6 is 0 Å². The van der Waals surface area contributed by atoms with E-state index in [-0.39, 0.29) is 36.3 Å². The van der Waals surface area contributed by atoms with Crippen LogP contribution in [-0.2, 0) is 19.6 Å². The summed E-state index contributed by atoms with van der Waals surface area (Å²) in [5.41, 5.74) is 13.2. The normalized spacial score (nSPS) is 14.2. The summed E-state index contributed by atoms with van der Waals surface area (Å²) in [6.07, 6.45) is 4.69. The Bertz CT molecular complexity index is 1350. The van der Waals surface area contributed by atoms with Crippen molar-refractivity contribution in [2.24, 2.45) is 11.5 Å². The summed E-state index contributed by atoms with van der Waals surface area (Å²) in [6, 6.07) is 9.86. The predicted molar refractivity (Wildman–Crippen MR) is 150 cm³/mol. The number of nitrogens with two attached hydrogens (primary N) is 2. The number of hydrogen-bond acceptors (Lipinski definition) is 8. The van der Waals surface area contributed by atoms with Gasteiger partial charge in [-0.2, -0.15) is 0 Å². The number of aryl methyl sites for hydroxylation is 1. The van der Waals surface area contributed by atoms with E-state index in [9.17, 15) is 18.0 Å². The second-order valence-corrected chi connectivity index (χ2v) is 11.0. The number of ether oxygens (including phenoxy) is 2. The highest BCUT2D eigenvalue weighted by Crippen LogP contribution is 2.32. The maximum absolute atomic E-state index is 13.4. The molecule has 6 N–H and O–H groups in total. The number of hydrogen-bond donors (Lipinski definition) is 4. The second kappa shape index (κ2) is 13.3. The van der Waals surface area contributed by atoms with Crippen molar-refractivity contribution in [2.75, 3.05) is 36.3 Å². The van der Waals surface area contributed by atoms with Gasteiger partial charge in [-0.15, -0.1) is 0 Å². The van der Waals surface area contributed by atoms with Crippen LogP contribution in [0.15, 0.2) is 42.5 Å². The molecular weight excluding hydrogens is 522 g/mol. The molecule has 0 aliphatic carbocycles. The standard InChI is InChI=1S/C27H35N5O6S/c1-3-37-24(33)17-39(35,36)32(13-5-7-19-6-4-8-20(15-19)26(28)29)21-14-18(2)25(23(16-21)27(30)34)38-22-9-11-31-12-10-22/h4-8,14-16,22,31H,3,9-13,17H2,1-2H3,(H3,28,29)(H2,30,34). The topological polar surface area (TPSA) is 178 Å². The van der Waals surface area contributed by atoms with Gasteiger partial charge in [-0.05, 0) is 69.1 Å². The number of nitrogens with zero attached hydrogens (tertiary/aromatic N) is 1. The third-order valence-electron chi connectivity index (χ3n) is 6.10. The Morgan fingerprint density at radius 1 is 1.18 bits per heavy atom. The van der Waals surface area contributed by atoms with Gasteiger partial charge in [-0.1, -0.05) is 30.4 Å². The van der Waals surface area contributed by atoms with Crippen LogP contribution in [0, 0.1) is 12.3 Å². The SMILES string of the molecule is CCOC(=O)CS(=O)(=O)N(CC=Cc1cccc(C(=N)N)c1)c1cc(C)c(OC2CCNCC2)c(C(N)=O)c1. The molecule has 0 bridgehead atoms. The van der Waals surface area contributed by atoms with Crippen molar-refractivity contribution in [1.82, 2.24) is 5.32 Å². The van der Waals surface area contributed by atoms with E-state index in [1.807, 2.05) is 0 Å². The number of nitrogen functional groups attached to an aromatic ring is 1. The van der Waals surface area contributed by atoms with Gasteiger partial charge >= 0.3 is 5.97 Å². The number of piperidine rings is 1. The largest absolute Gasteiger partial charge is 0.489 e. The number of sulfonamides is 1. The fraction of sp³-hybridized carbons (Fsp3) is 0.370. The van der Waals surface area contributed by atoms with Crippen molar-refractivity contribution < 1.29 is 27.5 Å². The molecule has 210 valence electrons. The van der Waals surface area contributed by atoms with Crippen LogP contribution in [0.2, 0.25) is 0 Å². The average Bonchev–Trinajstić information content (AvgIpc) is 2.88. The number of esters is 1. The Hall–Kier alpha value is -3.90. The van der Waals surface area contributed by atoms with E-state index in [1.165, 1.54) is 6.07 Å². The number of carbonyl (C=O) groups excluding carboxylic acids is 2. The van der Waals surface area contributed by atoms with E-state index in [0.29, 0.717) is 22.4 Å². The molecule has 0 unspecified atom stereocenters. The van der Waals surface area contributed by atoms with Crippen LogP contribution < -0.4 is 25.8 Å². The summed E-state index contributed by atoms with van der Waals surface area (Å²) in [7, 11) is -4.22. The molecule has 1 fully saturated rings. The number of amidine groups is 1. The van der Waals surface area contributed by atoms with Crippen LogP contribution in [-0.4, -0.2) is 64.2 Å². The van der Waals surface area contributed by atoms with E-state index < -0.39 is 27.7 Å². The molecule has 1 saturated heterocycles. The first-order valence-corrected chi connectivity index (χ1v) is 14.2. The second-order valence-electron chi connectivity index (χ2n) is 9.10. The van der Waals surface area contributed by atoms with Crippen LogP contribution in [0.1, 0.15) is 46.8 Å². The highest BCUT2D eigenvalue weighted by Gasteiger charge is 2.28. The fourth-order valence-corrected chi connectivity index (χ4v) is 5.50. The molecule has 12 heteroatoms. The van der Waals surface area contributed by atoms with Crippen molar-refractivity contribution >= 4 is 39.5 Å². The monoisotopic (exact) mass is 557 g/mol. The van der Waals surface area contributed by atoms with Crippen LogP contribution in [0.25, 0.3) is 6.08 Å². The Kier molecular flexibility index (Phi) is 10.1. The van der Waals surface area contributed by atoms with E-state index in [2.05, 4.69) is 5.32 Å². The van der Waals surface area contributed by atoms with Crippen LogP contribution in [0.4, 0.5) is 5.69 Å². The Morgan fingerprint density at radius 2 is 1.90 bits per heavy atom. The first-order valence-electron chi connectivity index (χ1n) is 12.6. The van der Waals surface area contributed by atoms with Gasteiger partial charge in [-0.25, -0.2) is 8.42 Å². The summed E-state index contributed by atoms with van der Waals surface area (Å²) in [5.74, 6) is -2.31. The number of nitrogens with one attached hydrogen (secondary N) is 2. The van der Waals surface area contributed by atoms with Crippen molar-refractivity contribution in [1.29, 1.82) is 5.41 Å². The number of amides is 1. The summed E-state index contributed by atoms with van der Waals surface area (Å²) < 4.78 is 38.8. The highest BCUT2D eigenvalue weighted by molar-refractivity contribution is 7.93. The summed E-state index contributed by atoms with van der Waals surface area (Å²) in [6.45, 7) is 4.76. The first-order chi connectivity index (χ1) is 18.5. The molecule has 0 spiro atoms. The molecule has 1 aliphatic rings. The summed E-state index contributed by atoms with van der Waals surface area (Å²) in [4.78, 5) is 24.6. The molecule has 0 aromatic heterocycles. The minimum atomic E-state index is -4.22. The molecule has 0 radical (unpaired) electrons. The number of carbonyl (C=O) groups is 2. The van der Waals surface area contributed by atoms with E-state index >= 15 is 0 Å². The Morgan fingerprint density at radius 3 is 2.54 bits per heavy atom. The zero-order chi connectivity index (χ0) is 28.6. The Balaban J connectivity index is 2.00. The lowest BCUT2D eigenvalue weighted by atomic mass is 10.1. The zero-order valence-electron chi connectivity index (χ0n) is 22.1. The van der Waals surface area contributed by atoms with E-state index in [0.717, 1.165) is 30.2 Å². The van der Waals surface area contributed by atoms with Crippen LogP contribution in [0.3, 0.4) is 0 Å². The summed E-state index contributed by atoms with van der Waals surface area (Å²) in [5, 5.41) is 10.9. The van der Waals surface area contributed by atoms with Gasteiger partial charge in [0.05, 0.1) is 24.4 Å². The van der Waals surface area contributed by atoms with Crippen molar-refractivity contribution in [2.45, 2.75) is 32.8 Å². The van der Waals surface area contributed by atoms with Gasteiger partial charge in [0.15, 0.2) is 5.75 Å². The molecule has 0 saturated carbocycles.